The number of sulfonamides is 1. The van der Waals surface area contributed by atoms with Gasteiger partial charge in [0.1, 0.15) is 5.00 Å². The van der Waals surface area contributed by atoms with Gasteiger partial charge in [0.25, 0.3) is 15.9 Å². The zero-order valence-corrected chi connectivity index (χ0v) is 24.7. The molecule has 1 aliphatic carbocycles. The molecule has 3 aromatic carbocycles. The normalized spacial score (nSPS) is 12.8. The van der Waals surface area contributed by atoms with E-state index in [9.17, 15) is 18.0 Å². The van der Waals surface area contributed by atoms with Crippen molar-refractivity contribution in [3.63, 3.8) is 0 Å². The predicted molar refractivity (Wildman–Crippen MR) is 162 cm³/mol. The molecule has 9 heteroatoms. The molecule has 0 unspecified atom stereocenters. The Morgan fingerprint density at radius 2 is 1.61 bits per heavy atom. The van der Waals surface area contributed by atoms with Crippen LogP contribution >= 0.6 is 11.3 Å². The molecule has 0 saturated carbocycles. The first kappa shape index (κ1) is 28.6. The van der Waals surface area contributed by atoms with Gasteiger partial charge in [0.15, 0.2) is 0 Å². The number of hydrogen-bond donors (Lipinski definition) is 1. The molecule has 212 valence electrons. The fraction of sp³-hybridized carbons (Fsp3) is 0.250. The van der Waals surface area contributed by atoms with E-state index in [1.54, 1.807) is 55.5 Å². The Kier molecular flexibility index (Phi) is 8.56. The molecule has 4 aromatic rings. The van der Waals surface area contributed by atoms with E-state index in [1.165, 1.54) is 15.6 Å². The van der Waals surface area contributed by atoms with Gasteiger partial charge >= 0.3 is 5.97 Å². The third kappa shape index (κ3) is 6.06. The number of benzene rings is 3. The fourth-order valence-electron chi connectivity index (χ4n) is 5.01. The summed E-state index contributed by atoms with van der Waals surface area (Å²) in [6.45, 7) is 3.90. The van der Waals surface area contributed by atoms with Crippen LogP contribution in [0.3, 0.4) is 0 Å². The fourth-order valence-corrected chi connectivity index (χ4v) is 7.76. The largest absolute Gasteiger partial charge is 0.462 e. The van der Waals surface area contributed by atoms with Gasteiger partial charge in [-0.15, -0.1) is 11.3 Å². The van der Waals surface area contributed by atoms with Crippen LogP contribution in [0, 0.1) is 6.92 Å². The van der Waals surface area contributed by atoms with E-state index >= 15 is 0 Å². The molecule has 1 amide bonds. The monoisotopic (exact) mass is 588 g/mol. The highest BCUT2D eigenvalue weighted by Crippen LogP contribution is 2.39. The van der Waals surface area contributed by atoms with Crippen LogP contribution in [-0.2, 0) is 34.1 Å². The van der Waals surface area contributed by atoms with E-state index in [-0.39, 0.29) is 29.3 Å². The van der Waals surface area contributed by atoms with Crippen LogP contribution in [0.15, 0.2) is 83.8 Å². The number of anilines is 2. The summed E-state index contributed by atoms with van der Waals surface area (Å²) in [5, 5.41) is 3.37. The number of fused-ring (bicyclic) bond motifs is 1. The maximum absolute atomic E-state index is 14.1. The summed E-state index contributed by atoms with van der Waals surface area (Å²) in [6, 6.07) is 22.6. The molecule has 7 nitrogen and oxygen atoms in total. The van der Waals surface area contributed by atoms with Crippen molar-refractivity contribution in [2.24, 2.45) is 0 Å². The van der Waals surface area contributed by atoms with Crippen LogP contribution in [0.4, 0.5) is 10.7 Å². The first-order valence-electron chi connectivity index (χ1n) is 13.6. The van der Waals surface area contributed by atoms with Crippen molar-refractivity contribution in [2.75, 3.05) is 16.2 Å². The highest BCUT2D eigenvalue weighted by Gasteiger charge is 2.31. The number of nitrogens with zero attached hydrogens (tertiary/aromatic N) is 1. The molecule has 0 bridgehead atoms. The predicted octanol–water partition coefficient (Wildman–Crippen LogP) is 6.76. The van der Waals surface area contributed by atoms with Crippen LogP contribution in [-0.4, -0.2) is 26.9 Å². The molecular formula is C32H32N2O5S2. The number of carbonyl (C=O) groups excluding carboxylic acids is 2. The van der Waals surface area contributed by atoms with E-state index in [2.05, 4.69) is 5.32 Å². The number of esters is 1. The molecular weight excluding hydrogens is 556 g/mol. The lowest BCUT2D eigenvalue weighted by molar-refractivity contribution is 0.0526. The van der Waals surface area contributed by atoms with Gasteiger partial charge in [0.05, 0.1) is 34.9 Å². The van der Waals surface area contributed by atoms with Gasteiger partial charge in [0.2, 0.25) is 0 Å². The van der Waals surface area contributed by atoms with Crippen LogP contribution in [0.25, 0.3) is 0 Å². The lowest BCUT2D eigenvalue weighted by Gasteiger charge is -2.26. The first-order valence-corrected chi connectivity index (χ1v) is 15.9. The highest BCUT2D eigenvalue weighted by molar-refractivity contribution is 7.92. The standard InChI is InChI=1S/C32H32N2O5S2/c1-3-39-32(36)29-26-14-8-10-16-28(26)40-31(29)33-30(35)25-13-7-9-15-27(25)34(21-23-11-5-4-6-12-23)41(37,38)24-19-17-22(2)18-20-24/h4-7,9,11-13,15,17-20H,3,8,10,14,16,21H2,1-2H3,(H,33,35). The molecule has 0 saturated heterocycles. The quantitative estimate of drug-likeness (QED) is 0.218. The lowest BCUT2D eigenvalue weighted by atomic mass is 9.95. The number of rotatable bonds is 9. The molecule has 1 aliphatic rings. The van der Waals surface area contributed by atoms with Crippen LogP contribution in [0.2, 0.25) is 0 Å². The second kappa shape index (κ2) is 12.3. The Hall–Kier alpha value is -3.95. The summed E-state index contributed by atoms with van der Waals surface area (Å²) in [4.78, 5) is 28.0. The van der Waals surface area contributed by atoms with Crippen molar-refractivity contribution in [3.05, 3.63) is 112 Å². The van der Waals surface area contributed by atoms with Gasteiger partial charge in [-0.1, -0.05) is 60.2 Å². The van der Waals surface area contributed by atoms with Crippen molar-refractivity contribution in [1.29, 1.82) is 0 Å². The number of amides is 1. The number of thiophene rings is 1. The zero-order valence-electron chi connectivity index (χ0n) is 23.1. The minimum Gasteiger partial charge on any atom is -0.462 e. The molecule has 0 aliphatic heterocycles. The van der Waals surface area contributed by atoms with E-state index in [0.29, 0.717) is 10.6 Å². The molecule has 1 heterocycles. The molecule has 5 rings (SSSR count). The topological polar surface area (TPSA) is 92.8 Å². The Balaban J connectivity index is 1.56. The van der Waals surface area contributed by atoms with Gasteiger partial charge in [-0.3, -0.25) is 9.10 Å². The van der Waals surface area contributed by atoms with E-state index < -0.39 is 21.9 Å². The van der Waals surface area contributed by atoms with Crippen molar-refractivity contribution < 1.29 is 22.7 Å². The van der Waals surface area contributed by atoms with E-state index in [1.807, 2.05) is 37.3 Å². The summed E-state index contributed by atoms with van der Waals surface area (Å²) in [5.74, 6) is -0.954. The maximum Gasteiger partial charge on any atom is 0.341 e. The number of nitrogens with one attached hydrogen (secondary N) is 1. The number of ether oxygens (including phenoxy) is 1. The molecule has 1 N–H and O–H groups in total. The van der Waals surface area contributed by atoms with Crippen LogP contribution in [0.1, 0.15) is 62.0 Å². The summed E-state index contributed by atoms with van der Waals surface area (Å²) >= 11 is 1.40. The SMILES string of the molecule is CCOC(=O)c1c(NC(=O)c2ccccc2N(Cc2ccccc2)S(=O)(=O)c2ccc(C)cc2)sc2c1CCCC2. The van der Waals surface area contributed by atoms with Gasteiger partial charge < -0.3 is 10.1 Å². The van der Waals surface area contributed by atoms with Crippen LogP contribution < -0.4 is 9.62 Å². The number of aryl methyl sites for hydroxylation is 2. The van der Waals surface area contributed by atoms with Gasteiger partial charge in [-0.2, -0.15) is 0 Å². The van der Waals surface area contributed by atoms with Crippen LogP contribution in [0.5, 0.6) is 0 Å². The summed E-state index contributed by atoms with van der Waals surface area (Å²) < 4.78 is 34.7. The third-order valence-corrected chi connectivity index (χ3v) is 10.1. The minimum absolute atomic E-state index is 0.0305. The van der Waals surface area contributed by atoms with E-state index in [4.69, 9.17) is 4.74 Å². The molecule has 0 atom stereocenters. The van der Waals surface area contributed by atoms with E-state index in [0.717, 1.165) is 47.3 Å². The number of carbonyl (C=O) groups is 2. The summed E-state index contributed by atoms with van der Waals surface area (Å²) in [7, 11) is -4.05. The Morgan fingerprint density at radius 1 is 0.927 bits per heavy atom. The average Bonchev–Trinajstić information content (AvgIpc) is 3.34. The lowest BCUT2D eigenvalue weighted by Crippen LogP contribution is -2.32. The second-order valence-corrected chi connectivity index (χ2v) is 12.9. The molecule has 0 fully saturated rings. The highest BCUT2D eigenvalue weighted by atomic mass is 32.2. The minimum atomic E-state index is -4.05. The zero-order chi connectivity index (χ0) is 29.0. The van der Waals surface area contributed by atoms with Gasteiger partial charge in [0, 0.05) is 4.88 Å². The average molecular weight is 589 g/mol. The molecule has 0 spiro atoms. The van der Waals surface area contributed by atoms with Crippen molar-refractivity contribution >= 4 is 43.9 Å². The van der Waals surface area contributed by atoms with Crippen molar-refractivity contribution in [3.8, 4) is 0 Å². The molecule has 41 heavy (non-hydrogen) atoms. The third-order valence-electron chi connectivity index (χ3n) is 7.07. The van der Waals surface area contributed by atoms with Gasteiger partial charge in [-0.25, -0.2) is 13.2 Å². The summed E-state index contributed by atoms with van der Waals surface area (Å²) in [5.41, 5.74) is 3.48. The Bertz CT molecular complexity index is 1660. The number of para-hydroxylation sites is 1. The molecule has 0 radical (unpaired) electrons. The van der Waals surface area contributed by atoms with Crippen molar-refractivity contribution in [2.45, 2.75) is 51.0 Å². The van der Waals surface area contributed by atoms with Crippen molar-refractivity contribution in [1.82, 2.24) is 0 Å². The summed E-state index contributed by atoms with van der Waals surface area (Å²) in [6.07, 6.45) is 3.60. The Morgan fingerprint density at radius 3 is 2.34 bits per heavy atom. The first-order chi connectivity index (χ1) is 19.8. The molecule has 1 aromatic heterocycles. The van der Waals surface area contributed by atoms with Gasteiger partial charge in [-0.05, 0) is 74.9 Å². The Labute approximate surface area is 244 Å². The second-order valence-electron chi connectivity index (χ2n) is 9.92. The maximum atomic E-state index is 14.1. The number of hydrogen-bond acceptors (Lipinski definition) is 6. The smallest absolute Gasteiger partial charge is 0.341 e.